The third-order valence-corrected chi connectivity index (χ3v) is 5.47. The molecule has 0 heterocycles. The molecule has 0 heteroatoms. The fourth-order valence-corrected chi connectivity index (χ4v) is 3.29. The van der Waals surface area contributed by atoms with Gasteiger partial charge >= 0.3 is 0 Å². The molecule has 0 aliphatic rings. The van der Waals surface area contributed by atoms with Crippen LogP contribution in [-0.4, -0.2) is 0 Å². The van der Waals surface area contributed by atoms with Gasteiger partial charge in [-0.15, -0.1) is 0 Å². The third kappa shape index (κ3) is 5.67. The van der Waals surface area contributed by atoms with E-state index in [0.29, 0.717) is 16.7 Å². The maximum atomic E-state index is 9.22. The minimum Gasteiger partial charge on any atom is -0.0584 e. The molecular weight excluding hydrogens is 372 g/mol. The summed E-state index contributed by atoms with van der Waals surface area (Å²) < 4.78 is 62.4. The molecule has 3 rings (SSSR count). The Morgan fingerprint density at radius 3 is 1.55 bits per heavy atom. The first-order valence-corrected chi connectivity index (χ1v) is 11.0. The maximum Gasteiger partial charge on any atom is 0.0632 e. The molecule has 0 aliphatic carbocycles. The first kappa shape index (κ1) is 15.5. The van der Waals surface area contributed by atoms with Crippen LogP contribution in [0.25, 0.3) is 11.1 Å². The van der Waals surface area contributed by atoms with Crippen molar-refractivity contribution >= 4 is 0 Å². The second-order valence-corrected chi connectivity index (χ2v) is 11.5. The van der Waals surface area contributed by atoms with E-state index in [4.69, 9.17) is 8.22 Å². The predicted octanol–water partition coefficient (Wildman–Crippen LogP) is 8.84. The summed E-state index contributed by atoms with van der Waals surface area (Å²) in [5.41, 5.74) is 2.09. The smallest absolute Gasteiger partial charge is 0.0584 e. The van der Waals surface area contributed by atoms with Crippen LogP contribution in [0.2, 0.25) is 0 Å². The van der Waals surface area contributed by atoms with Crippen LogP contribution in [-0.2, 0) is 22.7 Å². The summed E-state index contributed by atoms with van der Waals surface area (Å²) in [6, 6.07) is 7.25. The van der Waals surface area contributed by atoms with E-state index in [2.05, 4.69) is 20.8 Å². The molecule has 0 radical (unpaired) electrons. The Balaban J connectivity index is 2.44. The zero-order chi connectivity index (χ0) is 29.1. The lowest BCUT2D eigenvalue weighted by Crippen LogP contribution is -2.12. The van der Waals surface area contributed by atoms with Crippen molar-refractivity contribution < 1.29 is 9.60 Å². The van der Waals surface area contributed by atoms with E-state index in [1.807, 2.05) is 65.8 Å². The van der Waals surface area contributed by atoms with Crippen molar-refractivity contribution in [3.63, 3.8) is 0 Å². The fraction of sp³-hybridized carbons (Fsp3) is 0.419. The van der Waals surface area contributed by atoms with Gasteiger partial charge in [0.1, 0.15) is 0 Å². The van der Waals surface area contributed by atoms with Gasteiger partial charge in [0.05, 0.1) is 9.60 Å². The van der Waals surface area contributed by atoms with Crippen molar-refractivity contribution in [1.29, 1.82) is 0 Å². The summed E-state index contributed by atoms with van der Waals surface area (Å²) in [6.07, 6.45) is 0.237. The SMILES string of the molecule is [2H]c1c([2H])c(C(C)(C)C)c([2H])c(-c2c([2H])c([2H])c(C(C)(C)C)c([2H])c2[2H])c1Cc1ccc(C(C)(C)C)cc1. The summed E-state index contributed by atoms with van der Waals surface area (Å²) in [5.74, 6) is 0. The molecule has 3 aromatic rings. The summed E-state index contributed by atoms with van der Waals surface area (Å²) in [4.78, 5) is 0. The average Bonchev–Trinajstić information content (AvgIpc) is 2.76. The Kier molecular flexibility index (Phi) is 4.14. The molecular formula is C31H40. The van der Waals surface area contributed by atoms with E-state index < -0.39 is 10.8 Å². The first-order valence-electron chi connectivity index (χ1n) is 14.5. The molecule has 0 aliphatic heterocycles. The summed E-state index contributed by atoms with van der Waals surface area (Å²) in [7, 11) is 0. The van der Waals surface area contributed by atoms with Crippen molar-refractivity contribution in [2.24, 2.45) is 0 Å². The molecule has 0 bridgehead atoms. The van der Waals surface area contributed by atoms with Gasteiger partial charge < -0.3 is 0 Å². The Morgan fingerprint density at radius 1 is 0.581 bits per heavy atom. The van der Waals surface area contributed by atoms with E-state index in [9.17, 15) is 1.37 Å². The van der Waals surface area contributed by atoms with Crippen LogP contribution in [0.15, 0.2) is 66.6 Å². The van der Waals surface area contributed by atoms with E-state index in [1.54, 1.807) is 0 Å². The van der Waals surface area contributed by atoms with Crippen LogP contribution < -0.4 is 0 Å². The fourth-order valence-electron chi connectivity index (χ4n) is 3.29. The Morgan fingerprint density at radius 2 is 1.06 bits per heavy atom. The number of hydrogen-bond acceptors (Lipinski definition) is 0. The summed E-state index contributed by atoms with van der Waals surface area (Å²) in [5, 5.41) is 0. The zero-order valence-electron chi connectivity index (χ0n) is 27.5. The van der Waals surface area contributed by atoms with Crippen LogP contribution in [0.4, 0.5) is 0 Å². The van der Waals surface area contributed by atoms with Crippen molar-refractivity contribution in [1.82, 2.24) is 0 Å². The predicted molar refractivity (Wildman–Crippen MR) is 137 cm³/mol. The van der Waals surface area contributed by atoms with E-state index in [0.717, 1.165) is 11.1 Å². The van der Waals surface area contributed by atoms with Crippen LogP contribution >= 0.6 is 0 Å². The maximum absolute atomic E-state index is 9.22. The molecule has 0 N–H and O–H groups in total. The molecule has 3 aromatic carbocycles. The lowest BCUT2D eigenvalue weighted by Gasteiger charge is -2.23. The monoisotopic (exact) mass is 419 g/mol. The van der Waals surface area contributed by atoms with Crippen LogP contribution in [0.1, 0.15) is 99.7 Å². The first-order chi connectivity index (χ1) is 17.2. The lowest BCUT2D eigenvalue weighted by molar-refractivity contribution is 0.590. The van der Waals surface area contributed by atoms with Gasteiger partial charge in [0.25, 0.3) is 0 Å². The highest BCUT2D eigenvalue weighted by Crippen LogP contribution is 2.33. The van der Waals surface area contributed by atoms with Crippen molar-refractivity contribution in [3.8, 4) is 11.1 Å². The number of hydrogen-bond donors (Lipinski definition) is 0. The minimum absolute atomic E-state index is 0.0101. The topological polar surface area (TPSA) is 0 Å². The van der Waals surface area contributed by atoms with Gasteiger partial charge in [-0.2, -0.15) is 0 Å². The highest BCUT2D eigenvalue weighted by molar-refractivity contribution is 5.69. The molecule has 0 amide bonds. The number of rotatable bonds is 3. The second kappa shape index (κ2) is 8.30. The quantitative estimate of drug-likeness (QED) is 0.398. The van der Waals surface area contributed by atoms with Gasteiger partial charge in [0.2, 0.25) is 0 Å². The molecule has 0 spiro atoms. The van der Waals surface area contributed by atoms with Gasteiger partial charge in [-0.25, -0.2) is 0 Å². The normalized spacial score (nSPS) is 16.0. The Bertz CT molecular complexity index is 1350. The van der Waals surface area contributed by atoms with Gasteiger partial charge in [0.15, 0.2) is 0 Å². The molecule has 0 atom stereocenters. The van der Waals surface area contributed by atoms with E-state index in [-0.39, 0.29) is 65.3 Å². The minimum atomic E-state index is -0.630. The van der Waals surface area contributed by atoms with E-state index in [1.165, 1.54) is 0 Å². The molecule has 164 valence electrons. The molecule has 0 saturated heterocycles. The summed E-state index contributed by atoms with van der Waals surface area (Å²) >= 11 is 0. The molecule has 0 fully saturated rings. The van der Waals surface area contributed by atoms with Gasteiger partial charge in [0, 0.05) is 0 Å². The molecule has 0 unspecified atom stereocenters. The van der Waals surface area contributed by atoms with Crippen molar-refractivity contribution in [3.05, 3.63) is 94.4 Å². The third-order valence-electron chi connectivity index (χ3n) is 5.47. The van der Waals surface area contributed by atoms with Crippen LogP contribution in [0.3, 0.4) is 0 Å². The lowest BCUT2D eigenvalue weighted by atomic mass is 9.82. The number of benzene rings is 3. The molecule has 0 nitrogen and oxygen atoms in total. The van der Waals surface area contributed by atoms with Gasteiger partial charge in [-0.05, 0) is 61.6 Å². The average molecular weight is 420 g/mol. The molecule has 0 aromatic heterocycles. The van der Waals surface area contributed by atoms with Gasteiger partial charge in [-0.3, -0.25) is 0 Å². The Hall–Kier alpha value is -2.34. The second-order valence-electron chi connectivity index (χ2n) is 11.5. The highest BCUT2D eigenvalue weighted by atomic mass is 14.2. The van der Waals surface area contributed by atoms with Gasteiger partial charge in [-0.1, -0.05) is 129 Å². The van der Waals surface area contributed by atoms with Crippen molar-refractivity contribution in [2.45, 2.75) is 85.0 Å². The summed E-state index contributed by atoms with van der Waals surface area (Å²) in [6.45, 7) is 17.6. The largest absolute Gasteiger partial charge is 0.0632 e. The molecule has 31 heavy (non-hydrogen) atoms. The standard InChI is InChI=1S/C31H40/c1-29(2,3)25-15-10-22(11-16-25)20-24-14-19-27(31(7,8)9)21-28(24)23-12-17-26(18-13-23)30(4,5)6/h10-19,21H,20H2,1-9H3/i12D,13D,14D,17D,18D,19D,21D. The Labute approximate surface area is 200 Å². The van der Waals surface area contributed by atoms with Crippen LogP contribution in [0.5, 0.6) is 0 Å². The zero-order valence-corrected chi connectivity index (χ0v) is 20.5. The molecule has 0 saturated carbocycles. The van der Waals surface area contributed by atoms with E-state index >= 15 is 0 Å². The van der Waals surface area contributed by atoms with Crippen molar-refractivity contribution in [2.75, 3.05) is 0 Å². The van der Waals surface area contributed by atoms with Crippen LogP contribution in [0, 0.1) is 0 Å². The highest BCUT2D eigenvalue weighted by Gasteiger charge is 2.18.